The quantitative estimate of drug-likeness (QED) is 0.927. The van der Waals surface area contributed by atoms with Gasteiger partial charge in [0.05, 0.1) is 0 Å². The van der Waals surface area contributed by atoms with Crippen molar-refractivity contribution in [1.29, 1.82) is 0 Å². The molecule has 124 valence electrons. The molecule has 0 bridgehead atoms. The zero-order valence-electron chi connectivity index (χ0n) is 14.1. The summed E-state index contributed by atoms with van der Waals surface area (Å²) in [6, 6.07) is 13.3. The fourth-order valence-corrected chi connectivity index (χ4v) is 2.98. The first kappa shape index (κ1) is 16.2. The maximum Gasteiger partial charge on any atom is 0.255 e. The number of aryl methyl sites for hydroxylation is 2. The van der Waals surface area contributed by atoms with E-state index in [2.05, 4.69) is 12.2 Å². The molecule has 2 amide bonds. The fraction of sp³-hybridized carbons (Fsp3) is 0.300. The third-order valence-electron chi connectivity index (χ3n) is 4.46. The molecule has 0 atom stereocenters. The zero-order valence-corrected chi connectivity index (χ0v) is 14.1. The largest absolute Gasteiger partial charge is 0.322 e. The van der Waals surface area contributed by atoms with Crippen molar-refractivity contribution in [1.82, 2.24) is 0 Å². The Morgan fingerprint density at radius 1 is 1.17 bits per heavy atom. The number of carbonyl (C=O) groups is 2. The third kappa shape index (κ3) is 3.32. The van der Waals surface area contributed by atoms with E-state index in [1.807, 2.05) is 49.4 Å². The van der Waals surface area contributed by atoms with Gasteiger partial charge in [-0.05, 0) is 55.2 Å². The smallest absolute Gasteiger partial charge is 0.255 e. The van der Waals surface area contributed by atoms with Crippen LogP contribution in [0.3, 0.4) is 0 Å². The van der Waals surface area contributed by atoms with E-state index < -0.39 is 0 Å². The normalized spacial score (nSPS) is 14.1. The predicted molar refractivity (Wildman–Crippen MR) is 96.5 cm³/mol. The van der Waals surface area contributed by atoms with Gasteiger partial charge < -0.3 is 10.2 Å². The molecule has 1 saturated heterocycles. The molecule has 2 aromatic rings. The van der Waals surface area contributed by atoms with Crippen LogP contribution < -0.4 is 10.2 Å². The van der Waals surface area contributed by atoms with Crippen molar-refractivity contribution in [2.75, 3.05) is 16.8 Å². The molecule has 0 radical (unpaired) electrons. The number of amides is 2. The molecule has 1 N–H and O–H groups in total. The van der Waals surface area contributed by atoms with E-state index in [-0.39, 0.29) is 11.8 Å². The molecule has 4 heteroatoms. The van der Waals surface area contributed by atoms with Crippen molar-refractivity contribution in [2.45, 2.75) is 33.1 Å². The summed E-state index contributed by atoms with van der Waals surface area (Å²) in [4.78, 5) is 26.2. The second-order valence-electron chi connectivity index (χ2n) is 6.15. The molecule has 3 rings (SSSR count). The van der Waals surface area contributed by atoms with Gasteiger partial charge in [0, 0.05) is 29.9 Å². The van der Waals surface area contributed by atoms with Gasteiger partial charge in [-0.3, -0.25) is 9.59 Å². The number of benzene rings is 2. The van der Waals surface area contributed by atoms with Crippen LogP contribution in [0.25, 0.3) is 0 Å². The maximum atomic E-state index is 12.4. The van der Waals surface area contributed by atoms with Crippen molar-refractivity contribution in [3.63, 3.8) is 0 Å². The lowest BCUT2D eigenvalue weighted by Gasteiger charge is -2.19. The van der Waals surface area contributed by atoms with Crippen molar-refractivity contribution >= 4 is 23.2 Å². The van der Waals surface area contributed by atoms with E-state index in [1.165, 1.54) is 5.56 Å². The number of nitrogens with one attached hydrogen (secondary N) is 1. The topological polar surface area (TPSA) is 49.4 Å². The second kappa shape index (κ2) is 6.87. The number of rotatable bonds is 4. The highest BCUT2D eigenvalue weighted by atomic mass is 16.2. The van der Waals surface area contributed by atoms with Gasteiger partial charge in [0.1, 0.15) is 0 Å². The van der Waals surface area contributed by atoms with Crippen molar-refractivity contribution < 1.29 is 9.59 Å². The minimum absolute atomic E-state index is 0.139. The highest BCUT2D eigenvalue weighted by molar-refractivity contribution is 6.05. The Morgan fingerprint density at radius 2 is 1.92 bits per heavy atom. The number of hydrogen-bond donors (Lipinski definition) is 1. The first-order valence-corrected chi connectivity index (χ1v) is 8.40. The SMILES string of the molecule is CCc1ccc(C(=O)Nc2ccc(C)c(N3CCCC3=O)c2)cc1. The fourth-order valence-electron chi connectivity index (χ4n) is 2.98. The lowest BCUT2D eigenvalue weighted by Crippen LogP contribution is -2.24. The molecule has 24 heavy (non-hydrogen) atoms. The second-order valence-corrected chi connectivity index (χ2v) is 6.15. The molecular formula is C20H22N2O2. The van der Waals surface area contributed by atoms with Crippen LogP contribution in [0.5, 0.6) is 0 Å². The van der Waals surface area contributed by atoms with Gasteiger partial charge in [0.15, 0.2) is 0 Å². The van der Waals surface area contributed by atoms with Crippen LogP contribution in [0.2, 0.25) is 0 Å². The Balaban J connectivity index is 1.79. The van der Waals surface area contributed by atoms with E-state index in [4.69, 9.17) is 0 Å². The molecule has 0 aliphatic carbocycles. The Kier molecular flexibility index (Phi) is 4.65. The molecule has 0 unspecified atom stereocenters. The summed E-state index contributed by atoms with van der Waals surface area (Å²) in [7, 11) is 0. The maximum absolute atomic E-state index is 12.4. The van der Waals surface area contributed by atoms with Crippen LogP contribution in [0.4, 0.5) is 11.4 Å². The monoisotopic (exact) mass is 322 g/mol. The van der Waals surface area contributed by atoms with E-state index in [0.29, 0.717) is 17.7 Å². The average molecular weight is 322 g/mol. The Morgan fingerprint density at radius 3 is 2.54 bits per heavy atom. The van der Waals surface area contributed by atoms with Crippen LogP contribution >= 0.6 is 0 Å². The summed E-state index contributed by atoms with van der Waals surface area (Å²) in [6.45, 7) is 4.81. The standard InChI is InChI=1S/C20H22N2O2/c1-3-15-7-9-16(10-8-15)20(24)21-17-11-6-14(2)18(13-17)22-12-4-5-19(22)23/h6-11,13H,3-5,12H2,1-2H3,(H,21,24). The minimum atomic E-state index is -0.139. The number of hydrogen-bond acceptors (Lipinski definition) is 2. The molecule has 0 spiro atoms. The van der Waals surface area contributed by atoms with Crippen LogP contribution in [0.15, 0.2) is 42.5 Å². The Labute approximate surface area is 142 Å². The van der Waals surface area contributed by atoms with E-state index in [0.717, 1.165) is 30.6 Å². The van der Waals surface area contributed by atoms with Gasteiger partial charge in [-0.25, -0.2) is 0 Å². The van der Waals surface area contributed by atoms with Gasteiger partial charge in [0.25, 0.3) is 5.91 Å². The third-order valence-corrected chi connectivity index (χ3v) is 4.46. The molecule has 4 nitrogen and oxygen atoms in total. The minimum Gasteiger partial charge on any atom is -0.322 e. The average Bonchev–Trinajstić information content (AvgIpc) is 3.02. The van der Waals surface area contributed by atoms with Crippen molar-refractivity contribution in [2.24, 2.45) is 0 Å². The molecule has 1 aliphatic rings. The molecule has 1 aliphatic heterocycles. The Bertz CT molecular complexity index is 766. The number of anilines is 2. The first-order valence-electron chi connectivity index (χ1n) is 8.40. The first-order chi connectivity index (χ1) is 11.6. The molecule has 0 aromatic heterocycles. The van der Waals surface area contributed by atoms with E-state index in [9.17, 15) is 9.59 Å². The number of carbonyl (C=O) groups excluding carboxylic acids is 2. The summed E-state index contributed by atoms with van der Waals surface area (Å²) in [6.07, 6.45) is 2.44. The van der Waals surface area contributed by atoms with Gasteiger partial charge in [-0.2, -0.15) is 0 Å². The summed E-state index contributed by atoms with van der Waals surface area (Å²) >= 11 is 0. The van der Waals surface area contributed by atoms with Crippen molar-refractivity contribution in [3.8, 4) is 0 Å². The highest BCUT2D eigenvalue weighted by Crippen LogP contribution is 2.28. The van der Waals surface area contributed by atoms with Crippen LogP contribution in [-0.2, 0) is 11.2 Å². The highest BCUT2D eigenvalue weighted by Gasteiger charge is 2.23. The van der Waals surface area contributed by atoms with Crippen LogP contribution in [-0.4, -0.2) is 18.4 Å². The summed E-state index contributed by atoms with van der Waals surface area (Å²) < 4.78 is 0. The van der Waals surface area contributed by atoms with Crippen LogP contribution in [0.1, 0.15) is 41.3 Å². The molecule has 0 saturated carbocycles. The van der Waals surface area contributed by atoms with E-state index >= 15 is 0 Å². The summed E-state index contributed by atoms with van der Waals surface area (Å²) in [5.74, 6) is 0.0111. The summed E-state index contributed by atoms with van der Waals surface area (Å²) in [5, 5.41) is 2.92. The lowest BCUT2D eigenvalue weighted by atomic mass is 10.1. The predicted octanol–water partition coefficient (Wildman–Crippen LogP) is 3.94. The number of nitrogens with zero attached hydrogens (tertiary/aromatic N) is 1. The van der Waals surface area contributed by atoms with Gasteiger partial charge in [-0.15, -0.1) is 0 Å². The van der Waals surface area contributed by atoms with Gasteiger partial charge >= 0.3 is 0 Å². The summed E-state index contributed by atoms with van der Waals surface area (Å²) in [5.41, 5.74) is 4.47. The Hall–Kier alpha value is -2.62. The van der Waals surface area contributed by atoms with Gasteiger partial charge in [0.2, 0.25) is 5.91 Å². The van der Waals surface area contributed by atoms with Crippen LogP contribution in [0, 0.1) is 6.92 Å². The van der Waals surface area contributed by atoms with Crippen molar-refractivity contribution in [3.05, 3.63) is 59.2 Å². The molecule has 1 fully saturated rings. The molecule has 2 aromatic carbocycles. The van der Waals surface area contributed by atoms with E-state index in [1.54, 1.807) is 4.90 Å². The molecular weight excluding hydrogens is 300 g/mol. The van der Waals surface area contributed by atoms with Gasteiger partial charge in [-0.1, -0.05) is 25.1 Å². The lowest BCUT2D eigenvalue weighted by molar-refractivity contribution is -0.117. The zero-order chi connectivity index (χ0) is 17.1. The molecule has 1 heterocycles.